The lowest BCUT2D eigenvalue weighted by molar-refractivity contribution is 0.654. The van der Waals surface area contributed by atoms with E-state index in [2.05, 4.69) is 83.4 Å². The Hall–Kier alpha value is -6.20. The maximum Gasteiger partial charge on any atom is 0.231 e. The second-order valence-corrected chi connectivity index (χ2v) is 11.4. The van der Waals surface area contributed by atoms with Crippen LogP contribution in [0.3, 0.4) is 0 Å². The van der Waals surface area contributed by atoms with Gasteiger partial charge in [0.25, 0.3) is 0 Å². The Labute approximate surface area is 256 Å². The van der Waals surface area contributed by atoms with E-state index in [4.69, 9.17) is 18.8 Å². The van der Waals surface area contributed by atoms with Crippen LogP contribution < -0.4 is 0 Å². The van der Waals surface area contributed by atoms with Crippen LogP contribution in [0.5, 0.6) is 0 Å². The van der Waals surface area contributed by atoms with Crippen LogP contribution in [-0.2, 0) is 0 Å². The van der Waals surface area contributed by atoms with E-state index in [1.54, 1.807) is 0 Å². The first-order valence-corrected chi connectivity index (χ1v) is 15.0. The largest absolute Gasteiger partial charge is 0.456 e. The summed E-state index contributed by atoms with van der Waals surface area (Å²) >= 11 is 0. The van der Waals surface area contributed by atoms with Gasteiger partial charge in [0.15, 0.2) is 5.82 Å². The lowest BCUT2D eigenvalue weighted by atomic mass is 10.0. The summed E-state index contributed by atoms with van der Waals surface area (Å²) in [4.78, 5) is 10.2. The molecule has 4 aromatic heterocycles. The summed E-state index contributed by atoms with van der Waals surface area (Å²) < 4.78 is 15.1. The molecule has 0 unspecified atom stereocenters. The van der Waals surface area contributed by atoms with Gasteiger partial charge >= 0.3 is 0 Å². The Morgan fingerprint density at radius 3 is 2.04 bits per heavy atom. The van der Waals surface area contributed by atoms with Crippen molar-refractivity contribution in [2.45, 2.75) is 0 Å². The fourth-order valence-electron chi connectivity index (χ4n) is 6.79. The van der Waals surface area contributed by atoms with Crippen molar-refractivity contribution >= 4 is 65.8 Å². The highest BCUT2D eigenvalue weighted by molar-refractivity contribution is 6.19. The summed E-state index contributed by atoms with van der Waals surface area (Å²) in [7, 11) is 0. The van der Waals surface area contributed by atoms with E-state index < -0.39 is 0 Å². The minimum atomic E-state index is 0.564. The van der Waals surface area contributed by atoms with Crippen LogP contribution in [0.1, 0.15) is 0 Å². The molecule has 6 aromatic carbocycles. The molecule has 0 aliphatic rings. The molecule has 5 nitrogen and oxygen atoms in total. The van der Waals surface area contributed by atoms with Gasteiger partial charge in [0.1, 0.15) is 16.7 Å². The van der Waals surface area contributed by atoms with Crippen LogP contribution >= 0.6 is 0 Å². The number of hydrogen-bond acceptors (Lipinski definition) is 4. The second-order valence-electron chi connectivity index (χ2n) is 11.4. The van der Waals surface area contributed by atoms with Crippen LogP contribution in [0.2, 0.25) is 0 Å². The average Bonchev–Trinajstić information content (AvgIpc) is 3.76. The van der Waals surface area contributed by atoms with Crippen LogP contribution in [-0.4, -0.2) is 14.5 Å². The minimum Gasteiger partial charge on any atom is -0.456 e. The van der Waals surface area contributed by atoms with E-state index in [1.165, 1.54) is 5.39 Å². The van der Waals surface area contributed by atoms with Crippen molar-refractivity contribution in [3.8, 4) is 28.3 Å². The average molecular weight is 578 g/mol. The van der Waals surface area contributed by atoms with Crippen molar-refractivity contribution < 1.29 is 8.83 Å². The maximum atomic E-state index is 6.63. The number of rotatable bonds is 3. The molecule has 45 heavy (non-hydrogen) atoms. The van der Waals surface area contributed by atoms with Gasteiger partial charge in [-0.2, -0.15) is 4.98 Å². The second kappa shape index (κ2) is 9.15. The van der Waals surface area contributed by atoms with Gasteiger partial charge in [-0.15, -0.1) is 0 Å². The third kappa shape index (κ3) is 3.55. The van der Waals surface area contributed by atoms with Crippen molar-refractivity contribution in [3.63, 3.8) is 0 Å². The van der Waals surface area contributed by atoms with E-state index >= 15 is 0 Å². The highest BCUT2D eigenvalue weighted by Gasteiger charge is 2.22. The number of aromatic nitrogens is 3. The van der Waals surface area contributed by atoms with E-state index in [0.717, 1.165) is 77.2 Å². The van der Waals surface area contributed by atoms with Crippen LogP contribution in [0.25, 0.3) is 94.1 Å². The summed E-state index contributed by atoms with van der Waals surface area (Å²) in [5, 5.41) is 6.35. The van der Waals surface area contributed by atoms with Gasteiger partial charge < -0.3 is 13.4 Å². The first-order valence-electron chi connectivity index (χ1n) is 15.0. The number of benzene rings is 6. The maximum absolute atomic E-state index is 6.63. The summed E-state index contributed by atoms with van der Waals surface area (Å²) in [5.41, 5.74) is 9.13. The summed E-state index contributed by atoms with van der Waals surface area (Å²) in [6.07, 6.45) is 0. The zero-order chi connectivity index (χ0) is 29.5. The van der Waals surface area contributed by atoms with Crippen LogP contribution in [0.4, 0.5) is 0 Å². The molecule has 0 spiro atoms. The van der Waals surface area contributed by atoms with Crippen molar-refractivity contribution in [2.75, 3.05) is 0 Å². The van der Waals surface area contributed by atoms with Gasteiger partial charge in [-0.1, -0.05) is 84.9 Å². The lowest BCUT2D eigenvalue weighted by Crippen LogP contribution is -1.94. The fraction of sp³-hybridized carbons (Fsp3) is 0. The van der Waals surface area contributed by atoms with Gasteiger partial charge in [-0.25, -0.2) is 4.98 Å². The van der Waals surface area contributed by atoms with Gasteiger partial charge in [0.2, 0.25) is 5.71 Å². The Morgan fingerprint density at radius 2 is 1.18 bits per heavy atom. The molecule has 0 N–H and O–H groups in total. The van der Waals surface area contributed by atoms with Crippen molar-refractivity contribution in [3.05, 3.63) is 140 Å². The smallest absolute Gasteiger partial charge is 0.231 e. The molecule has 0 aliphatic carbocycles. The van der Waals surface area contributed by atoms with Gasteiger partial charge in [-0.05, 0) is 48.5 Å². The molecule has 210 valence electrons. The Balaban J connectivity index is 1.32. The SMILES string of the molecule is c1ccc(-c2nc(-c3ccc4oc5ccccc5c4c3)c3c(n2)oc2cc4c(cc23)c2ccccc2n4-c2ccccc2)cc1. The minimum absolute atomic E-state index is 0.564. The molecule has 4 heterocycles. The molecule has 0 bridgehead atoms. The lowest BCUT2D eigenvalue weighted by Gasteiger charge is -2.07. The van der Waals surface area contributed by atoms with Gasteiger partial charge in [-0.3, -0.25) is 0 Å². The van der Waals surface area contributed by atoms with Gasteiger partial charge in [0.05, 0.1) is 22.1 Å². The van der Waals surface area contributed by atoms with Gasteiger partial charge in [0, 0.05) is 49.8 Å². The standard InChI is InChI=1S/C40H23N3O2/c1-3-11-24(12-4-1)39-41-38(25-19-20-35-30(21-25)28-16-8-10-18-34(28)44-35)37-31-22-29-27-15-7-9-17-32(27)43(26-13-5-2-6-14-26)33(29)23-36(31)45-40(37)42-39/h1-23H. The normalized spacial score (nSPS) is 12.0. The van der Waals surface area contributed by atoms with E-state index in [9.17, 15) is 0 Å². The Morgan fingerprint density at radius 1 is 0.444 bits per heavy atom. The fourth-order valence-corrected chi connectivity index (χ4v) is 6.79. The Kier molecular flexibility index (Phi) is 4.93. The highest BCUT2D eigenvalue weighted by atomic mass is 16.3. The molecule has 0 atom stereocenters. The van der Waals surface area contributed by atoms with E-state index in [-0.39, 0.29) is 0 Å². The summed E-state index contributed by atoms with van der Waals surface area (Å²) in [6.45, 7) is 0. The molecule has 0 radical (unpaired) electrons. The third-order valence-corrected chi connectivity index (χ3v) is 8.82. The van der Waals surface area contributed by atoms with Crippen LogP contribution in [0, 0.1) is 0 Å². The van der Waals surface area contributed by atoms with Crippen molar-refractivity contribution in [2.24, 2.45) is 0 Å². The predicted octanol–water partition coefficient (Wildman–Crippen LogP) is 10.7. The van der Waals surface area contributed by atoms with Crippen LogP contribution in [0.15, 0.2) is 148 Å². The Bertz CT molecular complexity index is 2750. The molecule has 5 heteroatoms. The highest BCUT2D eigenvalue weighted by Crippen LogP contribution is 2.42. The number of furan rings is 2. The van der Waals surface area contributed by atoms with E-state index in [0.29, 0.717) is 11.5 Å². The number of fused-ring (bicyclic) bond motifs is 9. The van der Waals surface area contributed by atoms with E-state index in [1.807, 2.05) is 60.7 Å². The molecule has 0 aliphatic heterocycles. The molecule has 0 saturated heterocycles. The third-order valence-electron chi connectivity index (χ3n) is 8.82. The van der Waals surface area contributed by atoms with Crippen molar-refractivity contribution in [1.82, 2.24) is 14.5 Å². The predicted molar refractivity (Wildman–Crippen MR) is 182 cm³/mol. The first kappa shape index (κ1) is 24.3. The number of para-hydroxylation sites is 3. The zero-order valence-electron chi connectivity index (χ0n) is 23.9. The van der Waals surface area contributed by atoms with Crippen molar-refractivity contribution in [1.29, 1.82) is 0 Å². The summed E-state index contributed by atoms with van der Waals surface area (Å²) in [6, 6.07) is 47.9. The first-order chi connectivity index (χ1) is 22.3. The summed E-state index contributed by atoms with van der Waals surface area (Å²) in [5.74, 6) is 0.623. The topological polar surface area (TPSA) is 57.0 Å². The molecule has 0 amide bonds. The molecule has 10 rings (SSSR count). The zero-order valence-corrected chi connectivity index (χ0v) is 23.9. The number of nitrogens with zero attached hydrogens (tertiary/aromatic N) is 3. The number of hydrogen-bond donors (Lipinski definition) is 0. The molecule has 0 saturated carbocycles. The quantitative estimate of drug-likeness (QED) is 0.210. The molecular formula is C40H23N3O2. The molecule has 0 fully saturated rings. The monoisotopic (exact) mass is 577 g/mol. The molecular weight excluding hydrogens is 554 g/mol. The molecule has 10 aromatic rings.